The Balaban J connectivity index is 2.22. The van der Waals surface area contributed by atoms with Crippen molar-refractivity contribution < 1.29 is 0 Å². The molecule has 0 atom stereocenters. The van der Waals surface area contributed by atoms with E-state index in [0.717, 1.165) is 31.2 Å². The molecule has 0 radical (unpaired) electrons. The van der Waals surface area contributed by atoms with Crippen LogP contribution in [0.3, 0.4) is 0 Å². The van der Waals surface area contributed by atoms with Gasteiger partial charge >= 0.3 is 0 Å². The number of amidine groups is 1. The van der Waals surface area contributed by atoms with Gasteiger partial charge in [-0.1, -0.05) is 0 Å². The third kappa shape index (κ3) is 1.21. The van der Waals surface area contributed by atoms with Crippen molar-refractivity contribution in [1.82, 2.24) is 20.5 Å². The van der Waals surface area contributed by atoms with Gasteiger partial charge in [0.1, 0.15) is 6.33 Å². The van der Waals surface area contributed by atoms with Gasteiger partial charge in [0.2, 0.25) is 0 Å². The molecule has 1 aromatic heterocycles. The molecule has 58 valence electrons. The molecule has 0 unspecified atom stereocenters. The third-order valence-electron chi connectivity index (χ3n) is 1.54. The maximum Gasteiger partial charge on any atom is 0.190 e. The zero-order valence-corrected chi connectivity index (χ0v) is 6.04. The lowest BCUT2D eigenvalue weighted by atomic mass is 10.3. The first-order valence-electron chi connectivity index (χ1n) is 3.61. The molecule has 0 saturated heterocycles. The van der Waals surface area contributed by atoms with Crippen LogP contribution >= 0.6 is 0 Å². The van der Waals surface area contributed by atoms with E-state index in [9.17, 15) is 0 Å². The van der Waals surface area contributed by atoms with E-state index in [0.29, 0.717) is 0 Å². The van der Waals surface area contributed by atoms with Gasteiger partial charge < -0.3 is 5.32 Å². The molecule has 2 heterocycles. The van der Waals surface area contributed by atoms with Gasteiger partial charge in [-0.05, 0) is 6.42 Å². The quantitative estimate of drug-likeness (QED) is 0.571. The molecular weight excluding hydrogens is 142 g/mol. The molecule has 5 nitrogen and oxygen atoms in total. The maximum atomic E-state index is 4.24. The molecule has 1 aliphatic heterocycles. The Hall–Kier alpha value is -1.39. The lowest BCUT2D eigenvalue weighted by Crippen LogP contribution is -2.31. The van der Waals surface area contributed by atoms with Gasteiger partial charge in [-0.15, -0.1) is 0 Å². The van der Waals surface area contributed by atoms with Crippen LogP contribution in [0.1, 0.15) is 12.2 Å². The molecular formula is C6H9N5. The first-order chi connectivity index (χ1) is 5.47. The van der Waals surface area contributed by atoms with Crippen LogP contribution in [0.25, 0.3) is 0 Å². The minimum absolute atomic E-state index is 0.727. The van der Waals surface area contributed by atoms with Crippen molar-refractivity contribution in [2.75, 3.05) is 13.1 Å². The number of aliphatic imine (C=N–C) groups is 1. The Morgan fingerprint density at radius 2 is 2.45 bits per heavy atom. The van der Waals surface area contributed by atoms with E-state index >= 15 is 0 Å². The molecule has 2 N–H and O–H groups in total. The Morgan fingerprint density at radius 1 is 1.45 bits per heavy atom. The standard InChI is InChI=1S/C6H9N5/c1-2-7-5(8-3-1)6-9-4-10-11-6/h4H,1-3H2,(H,7,8)(H,9,10,11). The average molecular weight is 151 g/mol. The third-order valence-corrected chi connectivity index (χ3v) is 1.54. The van der Waals surface area contributed by atoms with Gasteiger partial charge in [-0.3, -0.25) is 10.1 Å². The SMILES string of the molecule is c1n[nH]c(C2=NCCCN2)n1. The second-order valence-corrected chi connectivity index (χ2v) is 2.34. The highest BCUT2D eigenvalue weighted by molar-refractivity contribution is 5.95. The van der Waals surface area contributed by atoms with Crippen molar-refractivity contribution in [2.45, 2.75) is 6.42 Å². The van der Waals surface area contributed by atoms with Gasteiger partial charge in [0.15, 0.2) is 11.7 Å². The summed E-state index contributed by atoms with van der Waals surface area (Å²) >= 11 is 0. The number of nitrogens with zero attached hydrogens (tertiary/aromatic N) is 3. The topological polar surface area (TPSA) is 66.0 Å². The van der Waals surface area contributed by atoms with Crippen molar-refractivity contribution in [3.8, 4) is 0 Å². The minimum atomic E-state index is 0.727. The largest absolute Gasteiger partial charge is 0.367 e. The average Bonchev–Trinajstić information content (AvgIpc) is 2.58. The van der Waals surface area contributed by atoms with E-state index in [2.05, 4.69) is 25.5 Å². The normalized spacial score (nSPS) is 17.3. The molecule has 0 saturated carbocycles. The van der Waals surface area contributed by atoms with Gasteiger partial charge in [-0.25, -0.2) is 4.98 Å². The summed E-state index contributed by atoms with van der Waals surface area (Å²) in [6.07, 6.45) is 2.58. The lowest BCUT2D eigenvalue weighted by Gasteiger charge is -2.11. The molecule has 5 heteroatoms. The maximum absolute atomic E-state index is 4.24. The molecule has 0 bridgehead atoms. The van der Waals surface area contributed by atoms with E-state index in [-0.39, 0.29) is 0 Å². The summed E-state index contributed by atoms with van der Waals surface area (Å²) in [5, 5.41) is 9.63. The van der Waals surface area contributed by atoms with Crippen LogP contribution < -0.4 is 5.32 Å². The van der Waals surface area contributed by atoms with Crippen LogP contribution in [-0.2, 0) is 0 Å². The number of H-pyrrole nitrogens is 1. The summed E-state index contributed by atoms with van der Waals surface area (Å²) < 4.78 is 0. The van der Waals surface area contributed by atoms with Crippen molar-refractivity contribution in [3.05, 3.63) is 12.2 Å². The number of hydrogen-bond acceptors (Lipinski definition) is 4. The second kappa shape index (κ2) is 2.69. The second-order valence-electron chi connectivity index (χ2n) is 2.34. The minimum Gasteiger partial charge on any atom is -0.367 e. The fourth-order valence-electron chi connectivity index (χ4n) is 1.01. The van der Waals surface area contributed by atoms with Crippen LogP contribution in [-0.4, -0.2) is 34.1 Å². The van der Waals surface area contributed by atoms with Gasteiger partial charge in [0.25, 0.3) is 0 Å². The zero-order valence-electron chi connectivity index (χ0n) is 6.04. The number of rotatable bonds is 1. The number of nitrogens with one attached hydrogen (secondary N) is 2. The molecule has 2 rings (SSSR count). The summed E-state index contributed by atoms with van der Waals surface area (Å²) in [5.74, 6) is 1.55. The van der Waals surface area contributed by atoms with Crippen molar-refractivity contribution in [3.63, 3.8) is 0 Å². The highest BCUT2D eigenvalue weighted by Crippen LogP contribution is 1.94. The van der Waals surface area contributed by atoms with Crippen molar-refractivity contribution in [1.29, 1.82) is 0 Å². The smallest absolute Gasteiger partial charge is 0.190 e. The van der Waals surface area contributed by atoms with Gasteiger partial charge in [0, 0.05) is 13.1 Å². The lowest BCUT2D eigenvalue weighted by molar-refractivity contribution is 0.737. The highest BCUT2D eigenvalue weighted by atomic mass is 15.2. The fraction of sp³-hybridized carbons (Fsp3) is 0.500. The van der Waals surface area contributed by atoms with Crippen molar-refractivity contribution in [2.24, 2.45) is 4.99 Å². The summed E-state index contributed by atoms with van der Waals surface area (Å²) in [5.41, 5.74) is 0. The number of aromatic nitrogens is 3. The monoisotopic (exact) mass is 151 g/mol. The first-order valence-corrected chi connectivity index (χ1v) is 3.61. The molecule has 1 aromatic rings. The van der Waals surface area contributed by atoms with E-state index in [1.165, 1.54) is 6.33 Å². The van der Waals surface area contributed by atoms with Crippen LogP contribution in [0.2, 0.25) is 0 Å². The fourth-order valence-corrected chi connectivity index (χ4v) is 1.01. The van der Waals surface area contributed by atoms with Crippen LogP contribution in [0, 0.1) is 0 Å². The zero-order chi connectivity index (χ0) is 7.52. The molecule has 0 spiro atoms. The van der Waals surface area contributed by atoms with E-state index < -0.39 is 0 Å². The Morgan fingerprint density at radius 3 is 3.09 bits per heavy atom. The van der Waals surface area contributed by atoms with Gasteiger partial charge in [-0.2, -0.15) is 5.10 Å². The van der Waals surface area contributed by atoms with Crippen LogP contribution in [0.4, 0.5) is 0 Å². The molecule has 0 aromatic carbocycles. The molecule has 0 fully saturated rings. The molecule has 0 aliphatic carbocycles. The summed E-state index contributed by atoms with van der Waals surface area (Å²) in [6.45, 7) is 1.85. The molecule has 1 aliphatic rings. The summed E-state index contributed by atoms with van der Waals surface area (Å²) in [7, 11) is 0. The Kier molecular flexibility index (Phi) is 1.55. The predicted octanol–water partition coefficient (Wildman–Crippen LogP) is -0.455. The van der Waals surface area contributed by atoms with Gasteiger partial charge in [0.05, 0.1) is 0 Å². The molecule has 11 heavy (non-hydrogen) atoms. The Labute approximate surface area is 63.9 Å². The number of aromatic amines is 1. The van der Waals surface area contributed by atoms with Crippen LogP contribution in [0.5, 0.6) is 0 Å². The summed E-state index contributed by atoms with van der Waals surface area (Å²) in [6, 6.07) is 0. The van der Waals surface area contributed by atoms with E-state index in [4.69, 9.17) is 0 Å². The number of hydrogen-bond donors (Lipinski definition) is 2. The summed E-state index contributed by atoms with van der Waals surface area (Å²) in [4.78, 5) is 8.22. The molecule has 0 amide bonds. The van der Waals surface area contributed by atoms with E-state index in [1.54, 1.807) is 0 Å². The first kappa shape index (κ1) is 6.33. The predicted molar refractivity (Wildman–Crippen MR) is 40.4 cm³/mol. The van der Waals surface area contributed by atoms with E-state index in [1.807, 2.05) is 0 Å². The van der Waals surface area contributed by atoms with Crippen molar-refractivity contribution >= 4 is 5.84 Å². The Bertz CT molecular complexity index is 250. The highest BCUT2D eigenvalue weighted by Gasteiger charge is 2.07. The van der Waals surface area contributed by atoms with Crippen LogP contribution in [0.15, 0.2) is 11.3 Å².